The van der Waals surface area contributed by atoms with Crippen molar-refractivity contribution in [2.24, 2.45) is 17.3 Å². The first kappa shape index (κ1) is 15.0. The maximum atomic E-state index is 12.3. The van der Waals surface area contributed by atoms with E-state index >= 15 is 0 Å². The van der Waals surface area contributed by atoms with Crippen molar-refractivity contribution in [1.29, 1.82) is 5.26 Å². The van der Waals surface area contributed by atoms with Crippen LogP contribution < -0.4 is 5.32 Å². The summed E-state index contributed by atoms with van der Waals surface area (Å²) in [6.07, 6.45) is 1.39. The minimum atomic E-state index is -0.765. The van der Waals surface area contributed by atoms with Crippen molar-refractivity contribution in [3.63, 3.8) is 0 Å². The lowest BCUT2D eigenvalue weighted by Crippen LogP contribution is -2.54. The Balaban J connectivity index is 2.64. The Hall–Kier alpha value is -1.08. The Labute approximate surface area is 110 Å². The quantitative estimate of drug-likeness (QED) is 0.808. The minimum absolute atomic E-state index is 0.0800. The SMILES string of the molecule is CC1CC(C#N)(C(=O)NC(CN(C)C)C(C)C)C1. The molecule has 1 atom stereocenters. The van der Waals surface area contributed by atoms with Crippen LogP contribution >= 0.6 is 0 Å². The van der Waals surface area contributed by atoms with Crippen LogP contribution in [0.4, 0.5) is 0 Å². The molecule has 0 aromatic heterocycles. The van der Waals surface area contributed by atoms with Crippen molar-refractivity contribution in [3.05, 3.63) is 0 Å². The molecule has 18 heavy (non-hydrogen) atoms. The summed E-state index contributed by atoms with van der Waals surface area (Å²) < 4.78 is 0. The zero-order valence-electron chi connectivity index (χ0n) is 12.2. The van der Waals surface area contributed by atoms with E-state index in [1.165, 1.54) is 0 Å². The number of nitrogens with one attached hydrogen (secondary N) is 1. The van der Waals surface area contributed by atoms with Gasteiger partial charge in [0.15, 0.2) is 0 Å². The molecule has 0 radical (unpaired) electrons. The first-order valence-corrected chi connectivity index (χ1v) is 6.67. The van der Waals surface area contributed by atoms with E-state index in [0.29, 0.717) is 24.7 Å². The van der Waals surface area contributed by atoms with Gasteiger partial charge in [-0.05, 0) is 38.8 Å². The van der Waals surface area contributed by atoms with E-state index in [2.05, 4.69) is 37.1 Å². The molecule has 0 aromatic rings. The zero-order chi connectivity index (χ0) is 13.9. The van der Waals surface area contributed by atoms with E-state index in [9.17, 15) is 10.1 Å². The van der Waals surface area contributed by atoms with Crippen molar-refractivity contribution in [3.8, 4) is 6.07 Å². The molecule has 1 saturated carbocycles. The Bertz CT molecular complexity index is 337. The van der Waals surface area contributed by atoms with Crippen LogP contribution in [0.2, 0.25) is 0 Å². The van der Waals surface area contributed by atoms with E-state index in [1.807, 2.05) is 14.1 Å². The number of rotatable bonds is 5. The van der Waals surface area contributed by atoms with E-state index < -0.39 is 5.41 Å². The van der Waals surface area contributed by atoms with Gasteiger partial charge in [0.05, 0.1) is 6.07 Å². The second kappa shape index (κ2) is 5.71. The summed E-state index contributed by atoms with van der Waals surface area (Å²) in [5, 5.41) is 12.3. The average Bonchev–Trinajstić information content (AvgIpc) is 2.22. The van der Waals surface area contributed by atoms with Crippen molar-refractivity contribution in [2.45, 2.75) is 39.7 Å². The molecule has 0 spiro atoms. The fourth-order valence-electron chi connectivity index (χ4n) is 2.58. The number of hydrogen-bond donors (Lipinski definition) is 1. The van der Waals surface area contributed by atoms with Crippen LogP contribution in [0.5, 0.6) is 0 Å². The maximum absolute atomic E-state index is 12.3. The van der Waals surface area contributed by atoms with Gasteiger partial charge in [-0.1, -0.05) is 20.8 Å². The molecule has 4 heteroatoms. The van der Waals surface area contributed by atoms with Gasteiger partial charge in [0, 0.05) is 12.6 Å². The molecule has 0 saturated heterocycles. The highest BCUT2D eigenvalue weighted by Gasteiger charge is 2.49. The molecule has 1 amide bonds. The molecule has 102 valence electrons. The minimum Gasteiger partial charge on any atom is -0.350 e. The lowest BCUT2D eigenvalue weighted by Gasteiger charge is -2.40. The fraction of sp³-hybridized carbons (Fsp3) is 0.857. The Morgan fingerprint density at radius 3 is 2.39 bits per heavy atom. The Morgan fingerprint density at radius 2 is 2.06 bits per heavy atom. The van der Waals surface area contributed by atoms with Gasteiger partial charge in [0.2, 0.25) is 5.91 Å². The fourth-order valence-corrected chi connectivity index (χ4v) is 2.58. The summed E-state index contributed by atoms with van der Waals surface area (Å²) in [6.45, 7) is 7.08. The first-order chi connectivity index (χ1) is 8.30. The highest BCUT2D eigenvalue weighted by molar-refractivity contribution is 5.86. The molecule has 4 nitrogen and oxygen atoms in total. The first-order valence-electron chi connectivity index (χ1n) is 6.67. The number of carbonyl (C=O) groups excluding carboxylic acids is 1. The predicted molar refractivity (Wildman–Crippen MR) is 71.8 cm³/mol. The van der Waals surface area contributed by atoms with Gasteiger partial charge in [-0.2, -0.15) is 5.26 Å². The molecular weight excluding hydrogens is 226 g/mol. The predicted octanol–water partition coefficient (Wildman–Crippen LogP) is 1.63. The number of nitrogens with zero attached hydrogens (tertiary/aromatic N) is 2. The van der Waals surface area contributed by atoms with Gasteiger partial charge < -0.3 is 10.2 Å². The van der Waals surface area contributed by atoms with Gasteiger partial charge in [0.1, 0.15) is 5.41 Å². The van der Waals surface area contributed by atoms with E-state index in [4.69, 9.17) is 0 Å². The molecule has 1 aliphatic carbocycles. The molecule has 1 aliphatic rings. The molecule has 0 aromatic carbocycles. The van der Waals surface area contributed by atoms with Crippen LogP contribution in [0.3, 0.4) is 0 Å². The lowest BCUT2D eigenvalue weighted by atomic mass is 9.63. The standard InChI is InChI=1S/C14H25N3O/c1-10(2)12(8-17(4)5)16-13(18)14(9-15)6-11(3)7-14/h10-12H,6-8H2,1-5H3,(H,16,18). The summed E-state index contributed by atoms with van der Waals surface area (Å²) in [6, 6.07) is 2.32. The van der Waals surface area contributed by atoms with Gasteiger partial charge in [-0.15, -0.1) is 0 Å². The third kappa shape index (κ3) is 3.23. The molecule has 1 N–H and O–H groups in total. The lowest BCUT2D eigenvalue weighted by molar-refractivity contribution is -0.135. The second-order valence-corrected chi connectivity index (χ2v) is 6.29. The summed E-state index contributed by atoms with van der Waals surface area (Å²) >= 11 is 0. The van der Waals surface area contributed by atoms with Gasteiger partial charge in [-0.25, -0.2) is 0 Å². The monoisotopic (exact) mass is 251 g/mol. The molecule has 1 unspecified atom stereocenters. The number of carbonyl (C=O) groups is 1. The maximum Gasteiger partial charge on any atom is 0.240 e. The van der Waals surface area contributed by atoms with Crippen LogP contribution in [-0.2, 0) is 4.79 Å². The van der Waals surface area contributed by atoms with E-state index in [-0.39, 0.29) is 11.9 Å². The van der Waals surface area contributed by atoms with Crippen molar-refractivity contribution < 1.29 is 4.79 Å². The van der Waals surface area contributed by atoms with Crippen LogP contribution in [-0.4, -0.2) is 37.5 Å². The smallest absolute Gasteiger partial charge is 0.240 e. The topological polar surface area (TPSA) is 56.1 Å². The van der Waals surface area contributed by atoms with Gasteiger partial charge >= 0.3 is 0 Å². The van der Waals surface area contributed by atoms with Crippen LogP contribution in [0.1, 0.15) is 33.6 Å². The van der Waals surface area contributed by atoms with Crippen LogP contribution in [0.25, 0.3) is 0 Å². The van der Waals surface area contributed by atoms with Crippen molar-refractivity contribution in [1.82, 2.24) is 10.2 Å². The molecule has 1 fully saturated rings. The van der Waals surface area contributed by atoms with Crippen molar-refractivity contribution in [2.75, 3.05) is 20.6 Å². The molecule has 1 rings (SSSR count). The number of likely N-dealkylation sites (N-methyl/N-ethyl adjacent to an activating group) is 1. The van der Waals surface area contributed by atoms with Gasteiger partial charge in [0.25, 0.3) is 0 Å². The van der Waals surface area contributed by atoms with E-state index in [0.717, 1.165) is 6.54 Å². The zero-order valence-corrected chi connectivity index (χ0v) is 12.2. The van der Waals surface area contributed by atoms with Crippen LogP contribution in [0.15, 0.2) is 0 Å². The number of nitriles is 1. The van der Waals surface area contributed by atoms with Crippen molar-refractivity contribution >= 4 is 5.91 Å². The van der Waals surface area contributed by atoms with Gasteiger partial charge in [-0.3, -0.25) is 4.79 Å². The Kier molecular flexibility index (Phi) is 4.75. The van der Waals surface area contributed by atoms with Crippen LogP contribution in [0, 0.1) is 28.6 Å². The largest absolute Gasteiger partial charge is 0.350 e. The average molecular weight is 251 g/mol. The van der Waals surface area contributed by atoms with E-state index in [1.54, 1.807) is 0 Å². The Morgan fingerprint density at radius 1 is 1.50 bits per heavy atom. The summed E-state index contributed by atoms with van der Waals surface area (Å²) in [7, 11) is 3.99. The third-order valence-electron chi connectivity index (χ3n) is 3.73. The normalized spacial score (nSPS) is 28.7. The molecule has 0 aliphatic heterocycles. The summed E-state index contributed by atoms with van der Waals surface area (Å²) in [5.74, 6) is 0.773. The highest BCUT2D eigenvalue weighted by atomic mass is 16.2. The number of amides is 1. The second-order valence-electron chi connectivity index (χ2n) is 6.29. The molecule has 0 bridgehead atoms. The molecule has 0 heterocycles. The third-order valence-corrected chi connectivity index (χ3v) is 3.73. The number of hydrogen-bond acceptors (Lipinski definition) is 3. The summed E-state index contributed by atoms with van der Waals surface area (Å²) in [4.78, 5) is 14.3. The molecular formula is C14H25N3O. The highest BCUT2D eigenvalue weighted by Crippen LogP contribution is 2.45. The summed E-state index contributed by atoms with van der Waals surface area (Å²) in [5.41, 5.74) is -0.765.